The van der Waals surface area contributed by atoms with Gasteiger partial charge < -0.3 is 14.3 Å². The van der Waals surface area contributed by atoms with Crippen LogP contribution in [0.1, 0.15) is 17.5 Å². The summed E-state index contributed by atoms with van der Waals surface area (Å²) >= 11 is 0. The van der Waals surface area contributed by atoms with Crippen molar-refractivity contribution in [1.29, 1.82) is 0 Å². The molecule has 0 heterocycles. The van der Waals surface area contributed by atoms with Crippen LogP contribution in [0.15, 0.2) is 58.8 Å². The molecular formula is C21H17F9N2O6S. The van der Waals surface area contributed by atoms with Crippen LogP contribution in [0.25, 0.3) is 0 Å². The fraction of sp³-hybridized carbons (Fsp3) is 0.333. The topological polar surface area (TPSA) is 95.8 Å². The smallest absolute Gasteiger partial charge is 0.493 e. The van der Waals surface area contributed by atoms with E-state index in [0.717, 1.165) is 43.5 Å². The van der Waals surface area contributed by atoms with Crippen LogP contribution in [0.5, 0.6) is 11.5 Å². The molecule has 0 spiro atoms. The van der Waals surface area contributed by atoms with Crippen LogP contribution < -0.4 is 9.47 Å². The number of ether oxygens (including phenoxy) is 2. The lowest BCUT2D eigenvalue weighted by atomic mass is 10.1. The molecule has 0 amide bonds. The zero-order valence-electron chi connectivity index (χ0n) is 19.4. The Morgan fingerprint density at radius 2 is 1.08 bits per heavy atom. The van der Waals surface area contributed by atoms with E-state index in [1.807, 2.05) is 0 Å². The second-order valence-corrected chi connectivity index (χ2v) is 8.65. The fourth-order valence-corrected chi connectivity index (χ4v) is 2.87. The summed E-state index contributed by atoms with van der Waals surface area (Å²) in [6.07, 6.45) is -9.86. The van der Waals surface area contributed by atoms with E-state index < -0.39 is 45.0 Å². The standard InChI is InChI=1S/C21H17F9N2O6S/c1-35-31-17(19(22,23)24)13-3-7-15(8-4-13)36-11-2-12-37-16-9-5-14(6-10-16)18(20(25,26)27)32-38-39(33,34)21(28,29)30/h3-10H,2,11-12H2,1H3. The van der Waals surface area contributed by atoms with Crippen molar-refractivity contribution in [2.24, 2.45) is 10.3 Å². The highest BCUT2D eigenvalue weighted by Gasteiger charge is 2.50. The molecule has 0 fully saturated rings. The van der Waals surface area contributed by atoms with Crippen molar-refractivity contribution in [3.8, 4) is 11.5 Å². The molecule has 39 heavy (non-hydrogen) atoms. The van der Waals surface area contributed by atoms with Crippen molar-refractivity contribution < 1.29 is 66.5 Å². The predicted octanol–water partition coefficient (Wildman–Crippen LogP) is 5.58. The Morgan fingerprint density at radius 1 is 0.692 bits per heavy atom. The molecule has 0 aromatic heterocycles. The number of rotatable bonds is 11. The lowest BCUT2D eigenvalue weighted by Crippen LogP contribution is -2.28. The van der Waals surface area contributed by atoms with Gasteiger partial charge in [-0.1, -0.05) is 10.3 Å². The van der Waals surface area contributed by atoms with Crippen molar-refractivity contribution in [2.45, 2.75) is 24.3 Å². The summed E-state index contributed by atoms with van der Waals surface area (Å²) in [6, 6.07) is 8.38. The lowest BCUT2D eigenvalue weighted by Gasteiger charge is -2.12. The molecule has 0 aliphatic carbocycles. The van der Waals surface area contributed by atoms with E-state index >= 15 is 0 Å². The third-order valence-electron chi connectivity index (χ3n) is 4.31. The number of hydrogen-bond acceptors (Lipinski definition) is 8. The van der Waals surface area contributed by atoms with Crippen LogP contribution in [-0.4, -0.2) is 58.0 Å². The quantitative estimate of drug-likeness (QED) is 0.111. The number of alkyl halides is 9. The number of benzene rings is 2. The van der Waals surface area contributed by atoms with E-state index in [4.69, 9.17) is 9.47 Å². The molecule has 0 unspecified atom stereocenters. The summed E-state index contributed by atoms with van der Waals surface area (Å²) in [6.45, 7) is 0.0366. The summed E-state index contributed by atoms with van der Waals surface area (Å²) in [5.74, 6) is 0.279. The van der Waals surface area contributed by atoms with Crippen molar-refractivity contribution in [3.05, 3.63) is 59.7 Å². The molecule has 0 saturated heterocycles. The zero-order chi connectivity index (χ0) is 29.5. The molecule has 0 N–H and O–H groups in total. The fourth-order valence-electron chi connectivity index (χ4n) is 2.61. The SMILES string of the molecule is CON=C(c1ccc(OCCCOc2ccc(C(=NOS(=O)(=O)C(F)(F)F)C(F)(F)F)cc2)cc1)C(F)(F)F. The second-order valence-electron chi connectivity index (χ2n) is 7.13. The zero-order valence-corrected chi connectivity index (χ0v) is 20.2. The predicted molar refractivity (Wildman–Crippen MR) is 117 cm³/mol. The van der Waals surface area contributed by atoms with Crippen LogP contribution in [0.2, 0.25) is 0 Å². The van der Waals surface area contributed by atoms with Crippen molar-refractivity contribution in [2.75, 3.05) is 20.3 Å². The van der Waals surface area contributed by atoms with Crippen molar-refractivity contribution in [3.63, 3.8) is 0 Å². The Bertz CT molecular complexity index is 1260. The van der Waals surface area contributed by atoms with Gasteiger partial charge in [0.15, 0.2) is 11.4 Å². The minimum absolute atomic E-state index is 0.0106. The van der Waals surface area contributed by atoms with Gasteiger partial charge in [0.1, 0.15) is 18.6 Å². The first-order chi connectivity index (χ1) is 18.0. The second kappa shape index (κ2) is 12.4. The molecule has 0 saturated carbocycles. The molecule has 0 radical (unpaired) electrons. The normalized spacial score (nSPS) is 13.7. The van der Waals surface area contributed by atoms with Gasteiger partial charge in [0, 0.05) is 17.5 Å². The van der Waals surface area contributed by atoms with Gasteiger partial charge in [0.05, 0.1) is 13.2 Å². The van der Waals surface area contributed by atoms with Crippen molar-refractivity contribution >= 4 is 21.5 Å². The molecule has 216 valence electrons. The van der Waals surface area contributed by atoms with Gasteiger partial charge in [-0.15, -0.1) is 0 Å². The molecule has 2 rings (SSSR count). The molecule has 8 nitrogen and oxygen atoms in total. The highest BCUT2D eigenvalue weighted by molar-refractivity contribution is 7.87. The Balaban J connectivity index is 1.92. The average Bonchev–Trinajstić information content (AvgIpc) is 2.81. The van der Waals surface area contributed by atoms with E-state index in [1.54, 1.807) is 0 Å². The highest BCUT2D eigenvalue weighted by Crippen LogP contribution is 2.28. The molecule has 0 atom stereocenters. The number of nitrogens with zero attached hydrogens (tertiary/aromatic N) is 2. The van der Waals surface area contributed by atoms with Gasteiger partial charge in [-0.3, -0.25) is 4.28 Å². The Labute approximate surface area is 214 Å². The maximum Gasteiger partial charge on any atom is 0.536 e. The molecule has 2 aromatic carbocycles. The van der Waals surface area contributed by atoms with Crippen molar-refractivity contribution in [1.82, 2.24) is 0 Å². The summed E-state index contributed by atoms with van der Waals surface area (Å²) in [7, 11) is -5.43. The molecular weight excluding hydrogens is 579 g/mol. The summed E-state index contributed by atoms with van der Waals surface area (Å²) in [5.41, 5.74) is -10.3. The van der Waals surface area contributed by atoms with Crippen LogP contribution in [0, 0.1) is 0 Å². The summed E-state index contributed by atoms with van der Waals surface area (Å²) in [5, 5.41) is 5.11. The number of halogens is 9. The number of oxime groups is 2. The Hall–Kier alpha value is -3.70. The van der Waals surface area contributed by atoms with Crippen LogP contribution >= 0.6 is 0 Å². The third kappa shape index (κ3) is 9.22. The maximum atomic E-state index is 13.2. The van der Waals surface area contributed by atoms with Gasteiger partial charge in [0.25, 0.3) is 0 Å². The minimum atomic E-state index is -6.40. The first-order valence-electron chi connectivity index (χ1n) is 10.3. The largest absolute Gasteiger partial charge is 0.536 e. The van der Waals surface area contributed by atoms with Crippen LogP contribution in [0.4, 0.5) is 39.5 Å². The third-order valence-corrected chi connectivity index (χ3v) is 5.15. The monoisotopic (exact) mass is 596 g/mol. The summed E-state index contributed by atoms with van der Waals surface area (Å²) < 4.78 is 151. The van der Waals surface area contributed by atoms with Gasteiger partial charge in [-0.2, -0.15) is 47.9 Å². The molecule has 0 aliphatic heterocycles. The van der Waals surface area contributed by atoms with E-state index in [0.29, 0.717) is 0 Å². The first-order valence-corrected chi connectivity index (χ1v) is 11.7. The molecule has 18 heteroatoms. The highest BCUT2D eigenvalue weighted by atomic mass is 32.2. The molecule has 0 aliphatic rings. The van der Waals surface area contributed by atoms with Gasteiger partial charge in [-0.25, -0.2) is 0 Å². The summed E-state index contributed by atoms with van der Waals surface area (Å²) in [4.78, 5) is 4.21. The number of hydrogen-bond donors (Lipinski definition) is 0. The molecule has 2 aromatic rings. The van der Waals surface area contributed by atoms with E-state index in [-0.39, 0.29) is 36.7 Å². The first kappa shape index (κ1) is 31.5. The van der Waals surface area contributed by atoms with Gasteiger partial charge in [-0.05, 0) is 48.5 Å². The van der Waals surface area contributed by atoms with Gasteiger partial charge in [0.2, 0.25) is 0 Å². The Kier molecular flexibility index (Phi) is 10.1. The Morgan fingerprint density at radius 3 is 1.41 bits per heavy atom. The average molecular weight is 596 g/mol. The van der Waals surface area contributed by atoms with Crippen LogP contribution in [-0.2, 0) is 19.2 Å². The molecule has 0 bridgehead atoms. The van der Waals surface area contributed by atoms with Gasteiger partial charge >= 0.3 is 28.0 Å². The minimum Gasteiger partial charge on any atom is -0.493 e. The lowest BCUT2D eigenvalue weighted by molar-refractivity contribution is -0.0634. The van der Waals surface area contributed by atoms with E-state index in [9.17, 15) is 47.9 Å². The van der Waals surface area contributed by atoms with Crippen LogP contribution in [0.3, 0.4) is 0 Å². The maximum absolute atomic E-state index is 13.2. The van der Waals surface area contributed by atoms with E-state index in [1.165, 1.54) is 12.1 Å². The van der Waals surface area contributed by atoms with E-state index in [2.05, 4.69) is 19.4 Å².